The molecule has 0 amide bonds. The molecule has 0 bridgehead atoms. The van der Waals surface area contributed by atoms with Crippen molar-refractivity contribution in [2.45, 2.75) is 138 Å². The van der Waals surface area contributed by atoms with Crippen LogP contribution in [0.4, 0.5) is 0 Å². The van der Waals surface area contributed by atoms with Crippen LogP contribution in [0.5, 0.6) is 0 Å². The molecule has 0 spiro atoms. The van der Waals surface area contributed by atoms with Crippen LogP contribution in [0.2, 0.25) is 0 Å². The summed E-state index contributed by atoms with van der Waals surface area (Å²) in [5.41, 5.74) is 29.4. The van der Waals surface area contributed by atoms with Gasteiger partial charge in [0.2, 0.25) is 0 Å². The quantitative estimate of drug-likeness (QED) is 0.171. The molecule has 6 heteroatoms. The van der Waals surface area contributed by atoms with E-state index in [-0.39, 0.29) is 71.2 Å². The Morgan fingerprint density at radius 3 is 0.304 bits per heavy atom. The van der Waals surface area contributed by atoms with E-state index in [1.165, 1.54) is 111 Å². The van der Waals surface area contributed by atoms with E-state index < -0.39 is 0 Å². The standard InChI is InChI=1S/4C10H15.4FH.2Zr/c4*1-6-7(2)9(4)10(5)8(6)3;;;;;;/h4*1-5H3;4*1H;;/q4*-1;;;;;2*+4/p-4. The molecule has 0 N–H and O–H groups in total. The third kappa shape index (κ3) is 12.1. The Hall–Kier alpha value is -1.11. The van der Waals surface area contributed by atoms with E-state index in [4.69, 9.17) is 0 Å². The van der Waals surface area contributed by atoms with E-state index in [9.17, 15) is 0 Å². The Morgan fingerprint density at radius 2 is 0.283 bits per heavy atom. The zero-order valence-corrected chi connectivity index (χ0v) is 37.4. The first-order valence-corrected chi connectivity index (χ1v) is 15.0. The van der Waals surface area contributed by atoms with E-state index in [1.807, 2.05) is 0 Å². The Bertz CT molecular complexity index is 941. The molecule has 0 unspecified atom stereocenters. The van der Waals surface area contributed by atoms with Crippen LogP contribution in [0.3, 0.4) is 0 Å². The van der Waals surface area contributed by atoms with E-state index in [0.717, 1.165) is 0 Å². The second kappa shape index (κ2) is 23.3. The Balaban J connectivity index is -0.000000111. The largest absolute Gasteiger partial charge is 4.00 e. The van der Waals surface area contributed by atoms with Crippen molar-refractivity contribution in [3.8, 4) is 0 Å². The molecular weight excluding hydrogens is 739 g/mol. The molecule has 0 aliphatic carbocycles. The zero-order valence-electron chi connectivity index (χ0n) is 32.5. The summed E-state index contributed by atoms with van der Waals surface area (Å²) in [6, 6.07) is 0. The van der Waals surface area contributed by atoms with E-state index in [0.29, 0.717) is 0 Å². The molecule has 0 nitrogen and oxygen atoms in total. The monoisotopic (exact) mass is 796 g/mol. The van der Waals surface area contributed by atoms with Gasteiger partial charge in [0.25, 0.3) is 0 Å². The summed E-state index contributed by atoms with van der Waals surface area (Å²) in [7, 11) is 0. The fourth-order valence-corrected chi connectivity index (χ4v) is 5.62. The smallest absolute Gasteiger partial charge is 1.00 e. The maximum absolute atomic E-state index is 2.20. The molecule has 0 radical (unpaired) electrons. The second-order valence-corrected chi connectivity index (χ2v) is 12.5. The van der Waals surface area contributed by atoms with Crippen LogP contribution < -0.4 is 18.8 Å². The third-order valence-electron chi connectivity index (χ3n) is 11.2. The molecule has 0 aromatic heterocycles. The summed E-state index contributed by atoms with van der Waals surface area (Å²) >= 11 is 0. The van der Waals surface area contributed by atoms with Crippen LogP contribution in [0.15, 0.2) is 0 Å². The Morgan fingerprint density at radius 1 is 0.217 bits per heavy atom. The first-order chi connectivity index (χ1) is 18.2. The molecule has 4 aromatic carbocycles. The summed E-state index contributed by atoms with van der Waals surface area (Å²) in [4.78, 5) is 0. The van der Waals surface area contributed by atoms with Crippen LogP contribution in [0, 0.1) is 138 Å². The number of hydrogen-bond donors (Lipinski definition) is 0. The van der Waals surface area contributed by atoms with Gasteiger partial charge in [-0.05, 0) is 0 Å². The van der Waals surface area contributed by atoms with Gasteiger partial charge in [0, 0.05) is 0 Å². The van der Waals surface area contributed by atoms with Crippen molar-refractivity contribution >= 4 is 0 Å². The van der Waals surface area contributed by atoms with Crippen LogP contribution in [0.25, 0.3) is 0 Å². The maximum atomic E-state index is 2.20. The summed E-state index contributed by atoms with van der Waals surface area (Å²) in [6.45, 7) is 44.0. The van der Waals surface area contributed by atoms with Crippen molar-refractivity contribution in [3.63, 3.8) is 0 Å². The maximum Gasteiger partial charge on any atom is 4.00 e. The Kier molecular flexibility index (Phi) is 28.9. The molecule has 0 saturated carbocycles. The van der Waals surface area contributed by atoms with Crippen LogP contribution in [0.1, 0.15) is 111 Å². The first kappa shape index (κ1) is 57.2. The Labute approximate surface area is 318 Å². The van der Waals surface area contributed by atoms with Gasteiger partial charge >= 0.3 is 52.4 Å². The fourth-order valence-electron chi connectivity index (χ4n) is 5.62. The number of halogens is 4. The topological polar surface area (TPSA) is 0 Å². The molecule has 0 aliphatic heterocycles. The molecule has 46 heavy (non-hydrogen) atoms. The van der Waals surface area contributed by atoms with E-state index in [2.05, 4.69) is 138 Å². The van der Waals surface area contributed by atoms with Crippen molar-refractivity contribution in [2.24, 2.45) is 0 Å². The molecule has 256 valence electrons. The predicted octanol–water partition coefficient (Wildman–Crippen LogP) is -0.199. The molecule has 0 atom stereocenters. The number of hydrogen-bond acceptors (Lipinski definition) is 0. The molecule has 0 aliphatic rings. The van der Waals surface area contributed by atoms with E-state index in [1.54, 1.807) is 0 Å². The summed E-state index contributed by atoms with van der Waals surface area (Å²) in [5.74, 6) is 0. The van der Waals surface area contributed by atoms with Gasteiger partial charge < -0.3 is 18.8 Å². The average molecular weight is 799 g/mol. The van der Waals surface area contributed by atoms with Gasteiger partial charge in [-0.1, -0.05) is 138 Å². The van der Waals surface area contributed by atoms with Gasteiger partial charge in [-0.15, -0.1) is 0 Å². The molecular formula is C40H60F4Zr2. The van der Waals surface area contributed by atoms with Gasteiger partial charge in [0.1, 0.15) is 0 Å². The minimum atomic E-state index is 0. The summed E-state index contributed by atoms with van der Waals surface area (Å²) in [5, 5.41) is 0. The van der Waals surface area contributed by atoms with Crippen molar-refractivity contribution < 1.29 is 71.2 Å². The van der Waals surface area contributed by atoms with Crippen LogP contribution in [-0.4, -0.2) is 0 Å². The van der Waals surface area contributed by atoms with Crippen LogP contribution >= 0.6 is 0 Å². The van der Waals surface area contributed by atoms with Gasteiger partial charge in [-0.25, -0.2) is 0 Å². The van der Waals surface area contributed by atoms with Crippen LogP contribution in [-0.2, 0) is 52.4 Å². The van der Waals surface area contributed by atoms with Gasteiger partial charge in [-0.2, -0.15) is 111 Å². The minimum Gasteiger partial charge on any atom is -1.00 e. The zero-order chi connectivity index (χ0) is 31.5. The first-order valence-electron chi connectivity index (χ1n) is 15.0. The van der Waals surface area contributed by atoms with Crippen molar-refractivity contribution in [1.82, 2.24) is 0 Å². The third-order valence-corrected chi connectivity index (χ3v) is 11.2. The average Bonchev–Trinajstić information content (AvgIpc) is 3.37. The molecule has 4 rings (SSSR count). The minimum absolute atomic E-state index is 0. The van der Waals surface area contributed by atoms with Gasteiger partial charge in [-0.3, -0.25) is 0 Å². The molecule has 0 fully saturated rings. The van der Waals surface area contributed by atoms with E-state index >= 15 is 0 Å². The van der Waals surface area contributed by atoms with Crippen molar-refractivity contribution in [3.05, 3.63) is 111 Å². The fraction of sp³-hybridized carbons (Fsp3) is 0.500. The molecule has 0 heterocycles. The van der Waals surface area contributed by atoms with Crippen molar-refractivity contribution in [2.75, 3.05) is 0 Å². The predicted molar refractivity (Wildman–Crippen MR) is 183 cm³/mol. The summed E-state index contributed by atoms with van der Waals surface area (Å²) < 4.78 is 0. The summed E-state index contributed by atoms with van der Waals surface area (Å²) in [6.07, 6.45) is 0. The van der Waals surface area contributed by atoms with Gasteiger partial charge in [0.15, 0.2) is 0 Å². The second-order valence-electron chi connectivity index (χ2n) is 12.5. The normalized spacial score (nSPS) is 9.13. The number of rotatable bonds is 0. The molecule has 0 saturated heterocycles. The van der Waals surface area contributed by atoms with Crippen molar-refractivity contribution in [1.29, 1.82) is 0 Å². The molecule has 4 aromatic rings. The van der Waals surface area contributed by atoms with Gasteiger partial charge in [0.05, 0.1) is 0 Å². The SMILES string of the molecule is Cc1c(C)c(C)[c-](C)c1C.Cc1c(C)c(C)[c-](C)c1C.Cc1c(C)c(C)[c-](C)c1C.Cc1c(C)c(C)[c-](C)c1C.[F-].[F-].[F-].[F-].[Zr+4].[Zr+4].